The van der Waals surface area contributed by atoms with E-state index in [4.69, 9.17) is 4.42 Å². The molecule has 0 aliphatic heterocycles. The fourth-order valence-electron chi connectivity index (χ4n) is 1.95. The fraction of sp³-hybridized carbons (Fsp3) is 0.0625. The summed E-state index contributed by atoms with van der Waals surface area (Å²) >= 11 is 0. The van der Waals surface area contributed by atoms with Gasteiger partial charge >= 0.3 is 0 Å². The van der Waals surface area contributed by atoms with E-state index in [9.17, 15) is 13.6 Å². The molecule has 23 heavy (non-hydrogen) atoms. The van der Waals surface area contributed by atoms with Crippen LogP contribution in [0.3, 0.4) is 0 Å². The lowest BCUT2D eigenvalue weighted by Gasteiger charge is -2.06. The molecule has 0 aliphatic rings. The van der Waals surface area contributed by atoms with Gasteiger partial charge in [-0.15, -0.1) is 10.2 Å². The summed E-state index contributed by atoms with van der Waals surface area (Å²) in [6.45, 7) is 1.68. The molecule has 1 amide bonds. The summed E-state index contributed by atoms with van der Waals surface area (Å²) in [7, 11) is 0. The lowest BCUT2D eigenvalue weighted by Crippen LogP contribution is -2.12. The number of amides is 1. The maximum atomic E-state index is 13.1. The molecule has 3 aromatic rings. The van der Waals surface area contributed by atoms with Crippen molar-refractivity contribution in [2.45, 2.75) is 6.92 Å². The van der Waals surface area contributed by atoms with Gasteiger partial charge in [-0.05, 0) is 36.4 Å². The van der Waals surface area contributed by atoms with E-state index in [1.54, 1.807) is 31.2 Å². The summed E-state index contributed by atoms with van der Waals surface area (Å²) in [6, 6.07) is 9.62. The molecule has 0 radical (unpaired) electrons. The highest BCUT2D eigenvalue weighted by Crippen LogP contribution is 2.19. The standard InChI is InChI=1S/C16H11F2N3O2/c1-9-20-21-16(23-9)11-4-2-10(3-5-11)15(22)19-12-6-7-13(17)14(18)8-12/h2-8H,1H3,(H,19,22). The van der Waals surface area contributed by atoms with Crippen LogP contribution in [0.2, 0.25) is 0 Å². The van der Waals surface area contributed by atoms with E-state index >= 15 is 0 Å². The van der Waals surface area contributed by atoms with Crippen LogP contribution in [0.15, 0.2) is 46.9 Å². The third-order valence-electron chi connectivity index (χ3n) is 3.10. The van der Waals surface area contributed by atoms with Gasteiger partial charge in [-0.25, -0.2) is 8.78 Å². The minimum atomic E-state index is -1.02. The van der Waals surface area contributed by atoms with Crippen LogP contribution in [0.1, 0.15) is 16.2 Å². The van der Waals surface area contributed by atoms with Gasteiger partial charge in [0.15, 0.2) is 11.6 Å². The van der Waals surface area contributed by atoms with Crippen molar-refractivity contribution in [1.82, 2.24) is 10.2 Å². The first-order valence-corrected chi connectivity index (χ1v) is 6.70. The number of anilines is 1. The Morgan fingerprint density at radius 1 is 1.04 bits per heavy atom. The summed E-state index contributed by atoms with van der Waals surface area (Å²) in [5, 5.41) is 10.1. The molecule has 7 heteroatoms. The Morgan fingerprint density at radius 2 is 1.78 bits per heavy atom. The van der Waals surface area contributed by atoms with Gasteiger partial charge in [0, 0.05) is 29.8 Å². The second kappa shape index (κ2) is 5.96. The first-order valence-electron chi connectivity index (χ1n) is 6.70. The fourth-order valence-corrected chi connectivity index (χ4v) is 1.95. The average molecular weight is 315 g/mol. The van der Waals surface area contributed by atoms with Gasteiger partial charge in [0.25, 0.3) is 5.91 Å². The smallest absolute Gasteiger partial charge is 0.255 e. The summed E-state index contributed by atoms with van der Waals surface area (Å²) < 4.78 is 31.3. The maximum absolute atomic E-state index is 13.1. The Morgan fingerprint density at radius 3 is 2.39 bits per heavy atom. The summed E-state index contributed by atoms with van der Waals surface area (Å²) in [5.41, 5.74) is 1.20. The zero-order valence-corrected chi connectivity index (χ0v) is 12.0. The topological polar surface area (TPSA) is 68.0 Å². The number of halogens is 2. The second-order valence-electron chi connectivity index (χ2n) is 4.79. The average Bonchev–Trinajstić information content (AvgIpc) is 2.97. The van der Waals surface area contributed by atoms with Crippen LogP contribution in [0.4, 0.5) is 14.5 Å². The molecular weight excluding hydrogens is 304 g/mol. The van der Waals surface area contributed by atoms with Crippen molar-refractivity contribution in [3.05, 3.63) is 65.6 Å². The van der Waals surface area contributed by atoms with E-state index in [1.807, 2.05) is 0 Å². The first kappa shape index (κ1) is 14.8. The van der Waals surface area contributed by atoms with Crippen molar-refractivity contribution in [2.75, 3.05) is 5.32 Å². The van der Waals surface area contributed by atoms with Crippen LogP contribution in [-0.4, -0.2) is 16.1 Å². The highest BCUT2D eigenvalue weighted by Gasteiger charge is 2.10. The molecule has 0 aliphatic carbocycles. The van der Waals surface area contributed by atoms with Gasteiger partial charge in [-0.3, -0.25) is 4.79 Å². The largest absolute Gasteiger partial charge is 0.421 e. The van der Waals surface area contributed by atoms with Gasteiger partial charge in [0.1, 0.15) is 0 Å². The highest BCUT2D eigenvalue weighted by molar-refractivity contribution is 6.04. The molecule has 0 unspecified atom stereocenters. The number of hydrogen-bond acceptors (Lipinski definition) is 4. The van der Waals surface area contributed by atoms with Crippen LogP contribution in [0.25, 0.3) is 11.5 Å². The molecular formula is C16H11F2N3O2. The molecule has 3 rings (SSSR count). The van der Waals surface area contributed by atoms with E-state index in [1.165, 1.54) is 6.07 Å². The molecule has 0 bridgehead atoms. The maximum Gasteiger partial charge on any atom is 0.255 e. The zero-order valence-electron chi connectivity index (χ0n) is 12.0. The molecule has 5 nitrogen and oxygen atoms in total. The van der Waals surface area contributed by atoms with E-state index in [2.05, 4.69) is 15.5 Å². The quantitative estimate of drug-likeness (QED) is 0.802. The minimum Gasteiger partial charge on any atom is -0.421 e. The van der Waals surface area contributed by atoms with E-state index in [-0.39, 0.29) is 5.69 Å². The first-order chi connectivity index (χ1) is 11.0. The van der Waals surface area contributed by atoms with Gasteiger partial charge < -0.3 is 9.73 Å². The Labute approximate surface area is 130 Å². The Bertz CT molecular complexity index is 860. The summed E-state index contributed by atoms with van der Waals surface area (Å²) in [5.74, 6) is -1.63. The Balaban J connectivity index is 1.76. The van der Waals surface area contributed by atoms with E-state index in [0.717, 1.165) is 12.1 Å². The number of benzene rings is 2. The monoisotopic (exact) mass is 315 g/mol. The third-order valence-corrected chi connectivity index (χ3v) is 3.10. The normalized spacial score (nSPS) is 10.6. The van der Waals surface area contributed by atoms with Gasteiger partial charge in [0.2, 0.25) is 11.8 Å². The van der Waals surface area contributed by atoms with Crippen LogP contribution >= 0.6 is 0 Å². The SMILES string of the molecule is Cc1nnc(-c2ccc(C(=O)Nc3ccc(F)c(F)c3)cc2)o1. The van der Waals surface area contributed by atoms with Gasteiger partial charge in [0.05, 0.1) is 0 Å². The highest BCUT2D eigenvalue weighted by atomic mass is 19.2. The predicted octanol–water partition coefficient (Wildman–Crippen LogP) is 3.58. The summed E-state index contributed by atoms with van der Waals surface area (Å²) in [4.78, 5) is 12.1. The lowest BCUT2D eigenvalue weighted by atomic mass is 10.1. The van der Waals surface area contributed by atoms with Crippen LogP contribution in [0.5, 0.6) is 0 Å². The molecule has 1 N–H and O–H groups in total. The molecule has 116 valence electrons. The molecule has 0 spiro atoms. The number of nitrogens with one attached hydrogen (secondary N) is 1. The van der Waals surface area contributed by atoms with E-state index < -0.39 is 17.5 Å². The van der Waals surface area contributed by atoms with E-state index in [0.29, 0.717) is 22.9 Å². The predicted molar refractivity (Wildman–Crippen MR) is 78.8 cm³/mol. The zero-order chi connectivity index (χ0) is 16.4. The number of hydrogen-bond donors (Lipinski definition) is 1. The molecule has 0 saturated carbocycles. The molecule has 0 fully saturated rings. The second-order valence-corrected chi connectivity index (χ2v) is 4.79. The van der Waals surface area contributed by atoms with Crippen molar-refractivity contribution in [3.63, 3.8) is 0 Å². The van der Waals surface area contributed by atoms with Crippen LogP contribution in [0, 0.1) is 18.6 Å². The molecule has 1 aromatic heterocycles. The van der Waals surface area contributed by atoms with Crippen LogP contribution < -0.4 is 5.32 Å². The number of aryl methyl sites for hydroxylation is 1. The number of rotatable bonds is 3. The number of nitrogens with zero attached hydrogens (tertiary/aromatic N) is 2. The van der Waals surface area contributed by atoms with Crippen molar-refractivity contribution in [1.29, 1.82) is 0 Å². The molecule has 0 atom stereocenters. The minimum absolute atomic E-state index is 0.172. The molecule has 0 saturated heterocycles. The number of aromatic nitrogens is 2. The number of carbonyl (C=O) groups excluding carboxylic acids is 1. The van der Waals surface area contributed by atoms with Crippen molar-refractivity contribution in [3.8, 4) is 11.5 Å². The Kier molecular flexibility index (Phi) is 3.84. The molecule has 2 aromatic carbocycles. The Hall–Kier alpha value is -3.09. The van der Waals surface area contributed by atoms with Gasteiger partial charge in [-0.1, -0.05) is 0 Å². The molecule has 1 heterocycles. The summed E-state index contributed by atoms with van der Waals surface area (Å²) in [6.07, 6.45) is 0. The van der Waals surface area contributed by atoms with Gasteiger partial charge in [-0.2, -0.15) is 0 Å². The van der Waals surface area contributed by atoms with Crippen molar-refractivity contribution >= 4 is 11.6 Å². The number of carbonyl (C=O) groups is 1. The lowest BCUT2D eigenvalue weighted by molar-refractivity contribution is 0.102. The van der Waals surface area contributed by atoms with Crippen molar-refractivity contribution in [2.24, 2.45) is 0 Å². The van der Waals surface area contributed by atoms with Crippen LogP contribution in [-0.2, 0) is 0 Å². The third kappa shape index (κ3) is 3.23. The van der Waals surface area contributed by atoms with Crippen molar-refractivity contribution < 1.29 is 18.0 Å².